The molecule has 3 nitrogen and oxygen atoms in total. The predicted molar refractivity (Wildman–Crippen MR) is 85.0 cm³/mol. The first-order chi connectivity index (χ1) is 9.62. The second-order valence-corrected chi connectivity index (χ2v) is 7.09. The van der Waals surface area contributed by atoms with Crippen LogP contribution in [-0.2, 0) is 6.54 Å². The molecule has 1 aliphatic rings. The van der Waals surface area contributed by atoms with Crippen LogP contribution in [0.1, 0.15) is 70.9 Å². The van der Waals surface area contributed by atoms with Gasteiger partial charge in [0.25, 0.3) is 0 Å². The summed E-state index contributed by atoms with van der Waals surface area (Å²) in [6.45, 7) is 10.5. The van der Waals surface area contributed by atoms with E-state index >= 15 is 0 Å². The average Bonchev–Trinajstić information content (AvgIpc) is 2.87. The molecule has 0 atom stereocenters. The van der Waals surface area contributed by atoms with Gasteiger partial charge >= 0.3 is 0 Å². The molecule has 0 radical (unpaired) electrons. The Bertz CT molecular complexity index is 389. The van der Waals surface area contributed by atoms with Crippen molar-refractivity contribution in [2.24, 2.45) is 5.41 Å². The molecule has 0 aliphatic carbocycles. The molecule has 1 N–H and O–H groups in total. The van der Waals surface area contributed by atoms with Crippen LogP contribution < -0.4 is 5.32 Å². The van der Waals surface area contributed by atoms with Gasteiger partial charge < -0.3 is 9.88 Å². The summed E-state index contributed by atoms with van der Waals surface area (Å²) < 4.78 is 2.42. The van der Waals surface area contributed by atoms with Crippen molar-refractivity contribution in [1.29, 1.82) is 0 Å². The maximum Gasteiger partial charge on any atom is 0.0948 e. The molecule has 0 aromatic carbocycles. The highest BCUT2D eigenvalue weighted by atomic mass is 15.1. The van der Waals surface area contributed by atoms with Crippen molar-refractivity contribution in [3.63, 3.8) is 0 Å². The number of hydrogen-bond acceptors (Lipinski definition) is 2. The van der Waals surface area contributed by atoms with E-state index in [0.29, 0.717) is 11.3 Å². The SMILES string of the molecule is CCCCCC(C)(C)Cn1cncc1C1CCNCC1. The number of nitrogens with one attached hydrogen (secondary N) is 1. The van der Waals surface area contributed by atoms with Crippen molar-refractivity contribution >= 4 is 0 Å². The molecule has 20 heavy (non-hydrogen) atoms. The fourth-order valence-electron chi connectivity index (χ4n) is 3.31. The summed E-state index contributed by atoms with van der Waals surface area (Å²) in [6, 6.07) is 0. The van der Waals surface area contributed by atoms with Gasteiger partial charge in [-0.05, 0) is 37.8 Å². The fourth-order valence-corrected chi connectivity index (χ4v) is 3.31. The van der Waals surface area contributed by atoms with Crippen molar-refractivity contribution < 1.29 is 0 Å². The lowest BCUT2D eigenvalue weighted by atomic mass is 9.86. The van der Waals surface area contributed by atoms with Crippen LogP contribution in [0.15, 0.2) is 12.5 Å². The van der Waals surface area contributed by atoms with Crippen molar-refractivity contribution in [3.8, 4) is 0 Å². The standard InChI is InChI=1S/C17H31N3/c1-4-5-6-9-17(2,3)13-20-14-19-12-16(20)15-7-10-18-11-8-15/h12,14-15,18H,4-11,13H2,1-3H3. The van der Waals surface area contributed by atoms with Crippen molar-refractivity contribution in [2.45, 2.75) is 71.8 Å². The molecule has 0 unspecified atom stereocenters. The summed E-state index contributed by atoms with van der Waals surface area (Å²) in [4.78, 5) is 4.42. The summed E-state index contributed by atoms with van der Waals surface area (Å²) in [5.74, 6) is 0.699. The number of nitrogens with zero attached hydrogens (tertiary/aromatic N) is 2. The highest BCUT2D eigenvalue weighted by Crippen LogP contribution is 2.30. The summed E-state index contributed by atoms with van der Waals surface area (Å²) in [5.41, 5.74) is 1.83. The Labute approximate surface area is 124 Å². The van der Waals surface area contributed by atoms with Crippen LogP contribution in [0, 0.1) is 5.41 Å². The lowest BCUT2D eigenvalue weighted by Gasteiger charge is -2.29. The Hall–Kier alpha value is -0.830. The minimum absolute atomic E-state index is 0.373. The molecule has 0 amide bonds. The normalized spacial score (nSPS) is 17.6. The minimum Gasteiger partial charge on any atom is -0.334 e. The van der Waals surface area contributed by atoms with Gasteiger partial charge in [0.2, 0.25) is 0 Å². The molecule has 0 bridgehead atoms. The Balaban J connectivity index is 1.96. The molecule has 1 fully saturated rings. The van der Waals surface area contributed by atoms with E-state index in [1.54, 1.807) is 0 Å². The van der Waals surface area contributed by atoms with Crippen molar-refractivity contribution in [2.75, 3.05) is 13.1 Å². The Morgan fingerprint density at radius 1 is 1.30 bits per heavy atom. The fraction of sp³-hybridized carbons (Fsp3) is 0.824. The van der Waals surface area contributed by atoms with Gasteiger partial charge in [-0.15, -0.1) is 0 Å². The van der Waals surface area contributed by atoms with Crippen LogP contribution in [0.5, 0.6) is 0 Å². The molecule has 114 valence electrons. The van der Waals surface area contributed by atoms with E-state index in [-0.39, 0.29) is 0 Å². The lowest BCUT2D eigenvalue weighted by molar-refractivity contribution is 0.264. The summed E-state index contributed by atoms with van der Waals surface area (Å²) in [5, 5.41) is 3.45. The number of hydrogen-bond donors (Lipinski definition) is 1. The third kappa shape index (κ3) is 4.34. The van der Waals surface area contributed by atoms with E-state index in [2.05, 4.69) is 41.8 Å². The second kappa shape index (κ2) is 7.26. The van der Waals surface area contributed by atoms with Crippen molar-refractivity contribution in [1.82, 2.24) is 14.9 Å². The van der Waals surface area contributed by atoms with Crippen LogP contribution in [-0.4, -0.2) is 22.6 Å². The van der Waals surface area contributed by atoms with E-state index < -0.39 is 0 Å². The number of imidazole rings is 1. The maximum atomic E-state index is 4.42. The first-order valence-corrected chi connectivity index (χ1v) is 8.33. The van der Waals surface area contributed by atoms with Gasteiger partial charge in [0.15, 0.2) is 0 Å². The highest BCUT2D eigenvalue weighted by Gasteiger charge is 2.23. The first-order valence-electron chi connectivity index (χ1n) is 8.33. The van der Waals surface area contributed by atoms with Gasteiger partial charge in [-0.2, -0.15) is 0 Å². The van der Waals surface area contributed by atoms with Crippen LogP contribution in [0.4, 0.5) is 0 Å². The Kier molecular flexibility index (Phi) is 5.64. The minimum atomic E-state index is 0.373. The van der Waals surface area contributed by atoms with E-state index in [0.717, 1.165) is 19.6 Å². The zero-order chi connectivity index (χ0) is 14.4. The van der Waals surface area contributed by atoms with Crippen LogP contribution in [0.2, 0.25) is 0 Å². The summed E-state index contributed by atoms with van der Waals surface area (Å²) in [6.07, 6.45) is 12.0. The highest BCUT2D eigenvalue weighted by molar-refractivity contribution is 5.08. The quantitative estimate of drug-likeness (QED) is 0.765. The van der Waals surface area contributed by atoms with E-state index in [9.17, 15) is 0 Å². The molecule has 0 saturated carbocycles. The molecule has 2 rings (SSSR count). The Morgan fingerprint density at radius 3 is 2.75 bits per heavy atom. The Morgan fingerprint density at radius 2 is 2.05 bits per heavy atom. The third-order valence-corrected chi connectivity index (χ3v) is 4.56. The van der Waals surface area contributed by atoms with E-state index in [4.69, 9.17) is 0 Å². The molecular formula is C17H31N3. The van der Waals surface area contributed by atoms with E-state index in [1.165, 1.54) is 44.2 Å². The smallest absolute Gasteiger partial charge is 0.0948 e. The zero-order valence-corrected chi connectivity index (χ0v) is 13.5. The van der Waals surface area contributed by atoms with Gasteiger partial charge in [0, 0.05) is 24.4 Å². The van der Waals surface area contributed by atoms with Crippen LogP contribution >= 0.6 is 0 Å². The third-order valence-electron chi connectivity index (χ3n) is 4.56. The van der Waals surface area contributed by atoms with Gasteiger partial charge in [0.05, 0.1) is 6.33 Å². The summed E-state index contributed by atoms with van der Waals surface area (Å²) >= 11 is 0. The average molecular weight is 277 g/mol. The second-order valence-electron chi connectivity index (χ2n) is 7.09. The predicted octanol–water partition coefficient (Wildman–Crippen LogP) is 3.96. The monoisotopic (exact) mass is 277 g/mol. The number of piperidine rings is 1. The molecule has 1 saturated heterocycles. The largest absolute Gasteiger partial charge is 0.334 e. The molecule has 1 aromatic heterocycles. The maximum absolute atomic E-state index is 4.42. The molecule has 1 aliphatic heterocycles. The first kappa shape index (κ1) is 15.6. The summed E-state index contributed by atoms with van der Waals surface area (Å²) in [7, 11) is 0. The molecule has 1 aromatic rings. The lowest BCUT2D eigenvalue weighted by Crippen LogP contribution is -2.28. The van der Waals surface area contributed by atoms with Crippen molar-refractivity contribution in [3.05, 3.63) is 18.2 Å². The topological polar surface area (TPSA) is 29.9 Å². The zero-order valence-electron chi connectivity index (χ0n) is 13.5. The molecular weight excluding hydrogens is 246 g/mol. The van der Waals surface area contributed by atoms with E-state index in [1.807, 2.05) is 6.33 Å². The number of unbranched alkanes of at least 4 members (excludes halogenated alkanes) is 2. The van der Waals surface area contributed by atoms with Gasteiger partial charge in [-0.1, -0.05) is 40.0 Å². The van der Waals surface area contributed by atoms with Crippen LogP contribution in [0.3, 0.4) is 0 Å². The number of rotatable bonds is 7. The van der Waals surface area contributed by atoms with Crippen LogP contribution in [0.25, 0.3) is 0 Å². The molecule has 0 spiro atoms. The molecule has 2 heterocycles. The van der Waals surface area contributed by atoms with Gasteiger partial charge in [0.1, 0.15) is 0 Å². The molecule has 3 heteroatoms. The number of aromatic nitrogens is 2. The van der Waals surface area contributed by atoms with Gasteiger partial charge in [-0.25, -0.2) is 4.98 Å². The van der Waals surface area contributed by atoms with Gasteiger partial charge in [-0.3, -0.25) is 0 Å².